The highest BCUT2D eigenvalue weighted by Crippen LogP contribution is 2.39. The summed E-state index contributed by atoms with van der Waals surface area (Å²) in [5.74, 6) is -0.107. The summed E-state index contributed by atoms with van der Waals surface area (Å²) in [5, 5.41) is 0. The summed E-state index contributed by atoms with van der Waals surface area (Å²) in [6.07, 6.45) is -4.21. The third kappa shape index (κ3) is 3.74. The maximum absolute atomic E-state index is 13.4. The number of nitrogens with zero attached hydrogens (tertiary/aromatic N) is 2. The van der Waals surface area contributed by atoms with E-state index in [-0.39, 0.29) is 6.42 Å². The number of ether oxygens (including phenoxy) is 2. The van der Waals surface area contributed by atoms with Crippen molar-refractivity contribution in [3.63, 3.8) is 0 Å². The van der Waals surface area contributed by atoms with Gasteiger partial charge in [0.25, 0.3) is 5.91 Å². The third-order valence-corrected chi connectivity index (χ3v) is 5.76. The van der Waals surface area contributed by atoms with Crippen LogP contribution in [-0.4, -0.2) is 43.5 Å². The highest BCUT2D eigenvalue weighted by Gasteiger charge is 2.46. The lowest BCUT2D eigenvalue weighted by molar-refractivity contribution is -0.137. The molecular weight excluding hydrogens is 413 g/mol. The first kappa shape index (κ1) is 21.2. The molecule has 2 aliphatic heterocycles. The fraction of sp³-hybridized carbons (Fsp3) is 0.364. The Labute approximate surface area is 177 Å². The van der Waals surface area contributed by atoms with Crippen molar-refractivity contribution < 1.29 is 32.2 Å². The minimum atomic E-state index is -4.67. The molecular formula is C22H21F3N2O4. The Balaban J connectivity index is 1.61. The molecule has 0 aliphatic carbocycles. The van der Waals surface area contributed by atoms with E-state index in [0.29, 0.717) is 35.9 Å². The van der Waals surface area contributed by atoms with Crippen LogP contribution >= 0.6 is 0 Å². The molecule has 2 heterocycles. The number of halogens is 3. The highest BCUT2D eigenvalue weighted by molar-refractivity contribution is 6.22. The lowest BCUT2D eigenvalue weighted by Crippen LogP contribution is -2.44. The van der Waals surface area contributed by atoms with Crippen molar-refractivity contribution in [2.24, 2.45) is 0 Å². The lowest BCUT2D eigenvalue weighted by atomic mass is 9.97. The first-order valence-electron chi connectivity index (χ1n) is 9.75. The Hall–Kier alpha value is -3.07. The number of carbonyl (C=O) groups is 2. The van der Waals surface area contributed by atoms with E-state index in [2.05, 4.69) is 0 Å². The monoisotopic (exact) mass is 434 g/mol. The molecule has 31 heavy (non-hydrogen) atoms. The summed E-state index contributed by atoms with van der Waals surface area (Å²) in [7, 11) is 3.08. The van der Waals surface area contributed by atoms with Gasteiger partial charge in [-0.2, -0.15) is 13.2 Å². The van der Waals surface area contributed by atoms with Gasteiger partial charge in [-0.25, -0.2) is 4.90 Å². The fourth-order valence-electron chi connectivity index (χ4n) is 4.23. The van der Waals surface area contributed by atoms with Crippen molar-refractivity contribution in [3.05, 3.63) is 53.1 Å². The molecule has 0 bridgehead atoms. The number of anilines is 1. The molecule has 2 amide bonds. The molecule has 0 spiro atoms. The second kappa shape index (κ2) is 7.88. The van der Waals surface area contributed by atoms with E-state index in [0.717, 1.165) is 23.3 Å². The molecule has 2 aromatic carbocycles. The Morgan fingerprint density at radius 3 is 2.29 bits per heavy atom. The Kier molecular flexibility index (Phi) is 5.38. The van der Waals surface area contributed by atoms with E-state index >= 15 is 0 Å². The highest BCUT2D eigenvalue weighted by atomic mass is 19.4. The number of hydrogen-bond acceptors (Lipinski definition) is 5. The molecule has 164 valence electrons. The van der Waals surface area contributed by atoms with E-state index in [9.17, 15) is 22.8 Å². The lowest BCUT2D eigenvalue weighted by Gasteiger charge is -2.32. The SMILES string of the molecule is COc1cc2c(cc1OC)CN([C@@H]1CC(=O)N(c3ccccc3C(F)(F)F)C1=O)CC2. The van der Waals surface area contributed by atoms with Crippen molar-refractivity contribution in [2.45, 2.75) is 31.6 Å². The van der Waals surface area contributed by atoms with Crippen LogP contribution in [0.25, 0.3) is 0 Å². The number of hydrogen-bond donors (Lipinski definition) is 0. The van der Waals surface area contributed by atoms with E-state index in [1.165, 1.54) is 19.2 Å². The molecule has 6 nitrogen and oxygen atoms in total. The van der Waals surface area contributed by atoms with Gasteiger partial charge < -0.3 is 9.47 Å². The van der Waals surface area contributed by atoms with Crippen LogP contribution in [-0.2, 0) is 28.7 Å². The van der Waals surface area contributed by atoms with Crippen LogP contribution in [0.15, 0.2) is 36.4 Å². The fourth-order valence-corrected chi connectivity index (χ4v) is 4.23. The standard InChI is InChI=1S/C22H21F3N2O4/c1-30-18-9-13-7-8-26(12-14(13)10-19(18)31-2)17-11-20(28)27(21(17)29)16-6-4-3-5-15(16)22(23,24)25/h3-6,9-10,17H,7-8,11-12H2,1-2H3/t17-/m1/s1. The van der Waals surface area contributed by atoms with Gasteiger partial charge in [0.05, 0.1) is 37.9 Å². The van der Waals surface area contributed by atoms with Crippen molar-refractivity contribution in [2.75, 3.05) is 25.7 Å². The molecule has 2 aliphatic rings. The minimum absolute atomic E-state index is 0.159. The van der Waals surface area contributed by atoms with Crippen LogP contribution < -0.4 is 14.4 Å². The van der Waals surface area contributed by atoms with Crippen LogP contribution in [0.5, 0.6) is 11.5 Å². The zero-order valence-corrected chi connectivity index (χ0v) is 17.0. The second-order valence-electron chi connectivity index (χ2n) is 7.50. The third-order valence-electron chi connectivity index (χ3n) is 5.76. The molecule has 1 fully saturated rings. The van der Waals surface area contributed by atoms with Gasteiger partial charge in [0, 0.05) is 13.1 Å². The summed E-state index contributed by atoms with van der Waals surface area (Å²) in [5.41, 5.74) is 0.553. The number of fused-ring (bicyclic) bond motifs is 1. The van der Waals surface area contributed by atoms with Crippen LogP contribution in [0.1, 0.15) is 23.1 Å². The number of alkyl halides is 3. The molecule has 1 atom stereocenters. The number of carbonyl (C=O) groups excluding carboxylic acids is 2. The second-order valence-corrected chi connectivity index (χ2v) is 7.50. The molecule has 0 N–H and O–H groups in total. The van der Waals surface area contributed by atoms with Crippen molar-refractivity contribution in [1.82, 2.24) is 4.90 Å². The molecule has 2 aromatic rings. The van der Waals surface area contributed by atoms with Gasteiger partial charge in [-0.3, -0.25) is 14.5 Å². The smallest absolute Gasteiger partial charge is 0.418 e. The van der Waals surface area contributed by atoms with E-state index in [4.69, 9.17) is 9.47 Å². The summed E-state index contributed by atoms with van der Waals surface area (Å²) in [6.45, 7) is 0.884. The molecule has 0 unspecified atom stereocenters. The molecule has 0 radical (unpaired) electrons. The minimum Gasteiger partial charge on any atom is -0.493 e. The summed E-state index contributed by atoms with van der Waals surface area (Å²) in [6, 6.07) is 7.56. The van der Waals surface area contributed by atoms with E-state index in [1.54, 1.807) is 7.11 Å². The quantitative estimate of drug-likeness (QED) is 0.691. The van der Waals surface area contributed by atoms with Gasteiger partial charge in [-0.15, -0.1) is 0 Å². The number of para-hydroxylation sites is 1. The maximum atomic E-state index is 13.4. The van der Waals surface area contributed by atoms with Gasteiger partial charge in [-0.1, -0.05) is 12.1 Å². The Morgan fingerprint density at radius 2 is 1.65 bits per heavy atom. The van der Waals surface area contributed by atoms with Crippen LogP contribution in [0, 0.1) is 0 Å². The number of imide groups is 1. The van der Waals surface area contributed by atoms with Crippen LogP contribution in [0.2, 0.25) is 0 Å². The predicted molar refractivity (Wildman–Crippen MR) is 106 cm³/mol. The summed E-state index contributed by atoms with van der Waals surface area (Å²) >= 11 is 0. The van der Waals surface area contributed by atoms with Gasteiger partial charge in [-0.05, 0) is 41.8 Å². The number of rotatable bonds is 4. The van der Waals surface area contributed by atoms with Gasteiger partial charge in [0.15, 0.2) is 11.5 Å². The predicted octanol–water partition coefficient (Wildman–Crippen LogP) is 3.41. The first-order chi connectivity index (χ1) is 14.7. The van der Waals surface area contributed by atoms with Crippen molar-refractivity contribution >= 4 is 17.5 Å². The van der Waals surface area contributed by atoms with Crippen LogP contribution in [0.4, 0.5) is 18.9 Å². The number of amides is 2. The largest absolute Gasteiger partial charge is 0.493 e. The average Bonchev–Trinajstić information content (AvgIpc) is 3.05. The van der Waals surface area contributed by atoms with Gasteiger partial charge >= 0.3 is 6.18 Å². The van der Waals surface area contributed by atoms with E-state index in [1.807, 2.05) is 17.0 Å². The van der Waals surface area contributed by atoms with Gasteiger partial charge in [0.1, 0.15) is 0 Å². The average molecular weight is 434 g/mol. The molecule has 9 heteroatoms. The van der Waals surface area contributed by atoms with Gasteiger partial charge in [0.2, 0.25) is 5.91 Å². The van der Waals surface area contributed by atoms with Crippen molar-refractivity contribution in [3.8, 4) is 11.5 Å². The normalized spacial score (nSPS) is 19.5. The summed E-state index contributed by atoms with van der Waals surface area (Å²) < 4.78 is 50.9. The molecule has 1 saturated heterocycles. The maximum Gasteiger partial charge on any atom is 0.418 e. The number of benzene rings is 2. The first-order valence-corrected chi connectivity index (χ1v) is 9.75. The van der Waals surface area contributed by atoms with E-state index < -0.39 is 35.3 Å². The Morgan fingerprint density at radius 1 is 1.00 bits per heavy atom. The Bertz CT molecular complexity index is 1040. The molecule has 4 rings (SSSR count). The van der Waals surface area contributed by atoms with Crippen LogP contribution in [0.3, 0.4) is 0 Å². The van der Waals surface area contributed by atoms with Crippen molar-refractivity contribution in [1.29, 1.82) is 0 Å². The zero-order chi connectivity index (χ0) is 22.3. The number of methoxy groups -OCH3 is 2. The summed E-state index contributed by atoms with van der Waals surface area (Å²) in [4.78, 5) is 28.2. The molecule has 0 aromatic heterocycles. The molecule has 0 saturated carbocycles. The zero-order valence-electron chi connectivity index (χ0n) is 17.0. The topological polar surface area (TPSA) is 59.1 Å².